The highest BCUT2D eigenvalue weighted by molar-refractivity contribution is 5.57. The Labute approximate surface area is 185 Å². The molecular formula is C22H26F3N7. The summed E-state index contributed by atoms with van der Waals surface area (Å²) in [5, 5.41) is 9.01. The zero-order valence-electron chi connectivity index (χ0n) is 18.2. The van der Waals surface area contributed by atoms with Crippen molar-refractivity contribution in [3.05, 3.63) is 41.2 Å². The molecule has 1 aromatic heterocycles. The summed E-state index contributed by atoms with van der Waals surface area (Å²) in [5.41, 5.74) is -0.760. The second-order valence-corrected chi connectivity index (χ2v) is 8.24. The van der Waals surface area contributed by atoms with Crippen LogP contribution in [-0.4, -0.2) is 74.3 Å². The number of aromatic nitrogens is 2. The van der Waals surface area contributed by atoms with Gasteiger partial charge in [-0.3, -0.25) is 0 Å². The molecule has 2 saturated heterocycles. The van der Waals surface area contributed by atoms with Gasteiger partial charge in [-0.05, 0) is 32.2 Å². The SMILES string of the molecule is Cc1nc(N2CCN(C)CC2)cc(N2CCN(c3ccc(C#N)c(C(F)(F)F)c3)CC2)n1. The molecule has 2 fully saturated rings. The Balaban J connectivity index is 1.47. The molecule has 32 heavy (non-hydrogen) atoms. The molecule has 0 bridgehead atoms. The molecule has 2 aliphatic heterocycles. The smallest absolute Gasteiger partial charge is 0.368 e. The monoisotopic (exact) mass is 445 g/mol. The maximum atomic E-state index is 13.3. The van der Waals surface area contributed by atoms with Gasteiger partial charge in [-0.15, -0.1) is 0 Å². The molecule has 2 aromatic rings. The number of piperazine rings is 2. The number of hydrogen-bond acceptors (Lipinski definition) is 7. The largest absolute Gasteiger partial charge is 0.417 e. The molecule has 4 rings (SSSR count). The summed E-state index contributed by atoms with van der Waals surface area (Å²) >= 11 is 0. The number of anilines is 3. The van der Waals surface area contributed by atoms with E-state index in [2.05, 4.69) is 31.7 Å². The molecule has 10 heteroatoms. The van der Waals surface area contributed by atoms with E-state index in [4.69, 9.17) is 5.26 Å². The molecule has 0 atom stereocenters. The second-order valence-electron chi connectivity index (χ2n) is 8.24. The number of aryl methyl sites for hydroxylation is 1. The first-order chi connectivity index (χ1) is 15.2. The Bertz CT molecular complexity index is 1000. The maximum Gasteiger partial charge on any atom is 0.417 e. The van der Waals surface area contributed by atoms with E-state index in [0.717, 1.165) is 43.9 Å². The highest BCUT2D eigenvalue weighted by Gasteiger charge is 2.34. The Kier molecular flexibility index (Phi) is 6.11. The third-order valence-corrected chi connectivity index (χ3v) is 6.04. The fourth-order valence-electron chi connectivity index (χ4n) is 4.15. The van der Waals surface area contributed by atoms with Crippen molar-refractivity contribution < 1.29 is 13.2 Å². The van der Waals surface area contributed by atoms with Gasteiger partial charge in [-0.1, -0.05) is 0 Å². The number of likely N-dealkylation sites (N-methyl/N-ethyl adjacent to an activating group) is 1. The summed E-state index contributed by atoms with van der Waals surface area (Å²) in [6.07, 6.45) is -4.55. The summed E-state index contributed by atoms with van der Waals surface area (Å²) in [5.74, 6) is 2.48. The van der Waals surface area contributed by atoms with Gasteiger partial charge < -0.3 is 19.6 Å². The third kappa shape index (κ3) is 4.72. The topological polar surface area (TPSA) is 62.5 Å². The first-order valence-electron chi connectivity index (χ1n) is 10.6. The number of alkyl halides is 3. The van der Waals surface area contributed by atoms with Gasteiger partial charge in [-0.25, -0.2) is 9.97 Å². The number of halogens is 3. The van der Waals surface area contributed by atoms with Gasteiger partial charge >= 0.3 is 6.18 Å². The van der Waals surface area contributed by atoms with E-state index in [-0.39, 0.29) is 5.56 Å². The van der Waals surface area contributed by atoms with Gasteiger partial charge in [0.15, 0.2) is 0 Å². The molecular weight excluding hydrogens is 419 g/mol. The van der Waals surface area contributed by atoms with Crippen molar-refractivity contribution in [2.75, 3.05) is 74.1 Å². The standard InChI is InChI=1S/C22H26F3N7/c1-16-27-20(31-7-5-29(2)6-8-31)14-21(28-16)32-11-9-30(10-12-32)18-4-3-17(15-26)19(13-18)22(23,24)25/h3-4,13-14H,5-12H2,1-2H3. The lowest BCUT2D eigenvalue weighted by atomic mass is 10.1. The number of nitriles is 1. The molecule has 0 saturated carbocycles. The molecule has 0 N–H and O–H groups in total. The van der Waals surface area contributed by atoms with Crippen LogP contribution in [0.1, 0.15) is 17.0 Å². The summed E-state index contributed by atoms with van der Waals surface area (Å²) in [6.45, 7) is 8.10. The summed E-state index contributed by atoms with van der Waals surface area (Å²) in [4.78, 5) is 17.9. The van der Waals surface area contributed by atoms with Gasteiger partial charge in [0, 0.05) is 64.1 Å². The predicted molar refractivity (Wildman–Crippen MR) is 117 cm³/mol. The van der Waals surface area contributed by atoms with Crippen LogP contribution in [0.2, 0.25) is 0 Å². The van der Waals surface area contributed by atoms with Crippen LogP contribution in [0.15, 0.2) is 24.3 Å². The molecule has 7 nitrogen and oxygen atoms in total. The van der Waals surface area contributed by atoms with Crippen LogP contribution in [0.4, 0.5) is 30.5 Å². The molecule has 1 aromatic carbocycles. The minimum atomic E-state index is -4.55. The third-order valence-electron chi connectivity index (χ3n) is 6.04. The molecule has 2 aliphatic rings. The minimum absolute atomic E-state index is 0.354. The molecule has 0 spiro atoms. The second kappa shape index (κ2) is 8.82. The summed E-state index contributed by atoms with van der Waals surface area (Å²) < 4.78 is 40.0. The lowest BCUT2D eigenvalue weighted by Gasteiger charge is -2.38. The van der Waals surface area contributed by atoms with Gasteiger partial charge in [0.2, 0.25) is 0 Å². The van der Waals surface area contributed by atoms with Crippen molar-refractivity contribution >= 4 is 17.3 Å². The molecule has 0 radical (unpaired) electrons. The zero-order chi connectivity index (χ0) is 22.9. The first-order valence-corrected chi connectivity index (χ1v) is 10.6. The summed E-state index contributed by atoms with van der Waals surface area (Å²) in [7, 11) is 2.11. The van der Waals surface area contributed by atoms with Gasteiger partial charge in [0.25, 0.3) is 0 Å². The Morgan fingerprint density at radius 2 is 1.38 bits per heavy atom. The number of hydrogen-bond donors (Lipinski definition) is 0. The molecule has 3 heterocycles. The van der Waals surface area contributed by atoms with E-state index >= 15 is 0 Å². The van der Waals surface area contributed by atoms with E-state index in [1.807, 2.05) is 17.9 Å². The lowest BCUT2D eigenvalue weighted by molar-refractivity contribution is -0.137. The number of rotatable bonds is 3. The van der Waals surface area contributed by atoms with Crippen LogP contribution in [0, 0.1) is 18.3 Å². The van der Waals surface area contributed by atoms with E-state index in [1.165, 1.54) is 6.07 Å². The van der Waals surface area contributed by atoms with E-state index in [0.29, 0.717) is 37.7 Å². The fourth-order valence-corrected chi connectivity index (χ4v) is 4.15. The Morgan fingerprint density at radius 1 is 0.844 bits per heavy atom. The van der Waals surface area contributed by atoms with Crippen molar-refractivity contribution in [2.24, 2.45) is 0 Å². The lowest BCUT2D eigenvalue weighted by Crippen LogP contribution is -2.47. The van der Waals surface area contributed by atoms with Crippen molar-refractivity contribution in [3.63, 3.8) is 0 Å². The summed E-state index contributed by atoms with van der Waals surface area (Å²) in [6, 6.07) is 7.56. The van der Waals surface area contributed by atoms with Crippen LogP contribution >= 0.6 is 0 Å². The molecule has 170 valence electrons. The fraction of sp³-hybridized carbons (Fsp3) is 0.500. The normalized spacial score (nSPS) is 18.1. The van der Waals surface area contributed by atoms with Crippen LogP contribution in [0.5, 0.6) is 0 Å². The van der Waals surface area contributed by atoms with Crippen molar-refractivity contribution in [3.8, 4) is 6.07 Å². The average molecular weight is 445 g/mol. The predicted octanol–water partition coefficient (Wildman–Crippen LogP) is 2.75. The van der Waals surface area contributed by atoms with Crippen LogP contribution in [-0.2, 0) is 6.18 Å². The molecule has 0 unspecified atom stereocenters. The Morgan fingerprint density at radius 3 is 1.91 bits per heavy atom. The molecule has 0 amide bonds. The van der Waals surface area contributed by atoms with Crippen molar-refractivity contribution in [1.82, 2.24) is 14.9 Å². The Hall–Kier alpha value is -3.06. The molecule has 0 aliphatic carbocycles. The van der Waals surface area contributed by atoms with E-state index < -0.39 is 11.7 Å². The number of benzene rings is 1. The van der Waals surface area contributed by atoms with E-state index in [9.17, 15) is 13.2 Å². The van der Waals surface area contributed by atoms with Crippen LogP contribution < -0.4 is 14.7 Å². The van der Waals surface area contributed by atoms with Crippen LogP contribution in [0.3, 0.4) is 0 Å². The highest BCUT2D eigenvalue weighted by atomic mass is 19.4. The maximum absolute atomic E-state index is 13.3. The average Bonchev–Trinajstić information content (AvgIpc) is 2.78. The number of nitrogens with zero attached hydrogens (tertiary/aromatic N) is 7. The quantitative estimate of drug-likeness (QED) is 0.720. The minimum Gasteiger partial charge on any atom is -0.368 e. The van der Waals surface area contributed by atoms with Crippen molar-refractivity contribution in [2.45, 2.75) is 13.1 Å². The van der Waals surface area contributed by atoms with Crippen LogP contribution in [0.25, 0.3) is 0 Å². The van der Waals surface area contributed by atoms with Gasteiger partial charge in [0.05, 0.1) is 17.2 Å². The highest BCUT2D eigenvalue weighted by Crippen LogP contribution is 2.35. The van der Waals surface area contributed by atoms with Crippen molar-refractivity contribution in [1.29, 1.82) is 5.26 Å². The van der Waals surface area contributed by atoms with E-state index in [1.54, 1.807) is 12.1 Å². The zero-order valence-corrected chi connectivity index (χ0v) is 18.2. The van der Waals surface area contributed by atoms with Gasteiger partial charge in [0.1, 0.15) is 17.5 Å². The van der Waals surface area contributed by atoms with Gasteiger partial charge in [-0.2, -0.15) is 18.4 Å². The first kappa shape index (κ1) is 22.1.